The minimum atomic E-state index is -5.41. The second-order valence-corrected chi connectivity index (χ2v) is 7.13. The molecule has 32 heavy (non-hydrogen) atoms. The maximum atomic E-state index is 14.4. The summed E-state index contributed by atoms with van der Waals surface area (Å²) >= 11 is 0. The predicted octanol–water partition coefficient (Wildman–Crippen LogP) is 1.97. The highest BCUT2D eigenvalue weighted by atomic mass is 19.4. The standard InChI is InChI=1S/C21H15F3N4O4/c1-11-7-5-6-10-13(11)28-15-14(17(30)26-19(28)32)20(18(31)25-15,21(22,23)24)27-16(29)12-8-3-2-4-9-12/h2-10H,1H3,(H,25,31)(H,27,29)(H,26,30,32)/t20-/m0/s1. The number of carbonyl (C=O) groups is 2. The van der Waals surface area contributed by atoms with Gasteiger partial charge in [0.15, 0.2) is 0 Å². The quantitative estimate of drug-likeness (QED) is 0.573. The van der Waals surface area contributed by atoms with Crippen LogP contribution >= 0.6 is 0 Å². The second kappa shape index (κ2) is 7.22. The van der Waals surface area contributed by atoms with Gasteiger partial charge in [0.1, 0.15) is 11.4 Å². The number of nitrogens with one attached hydrogen (secondary N) is 3. The van der Waals surface area contributed by atoms with E-state index in [-0.39, 0.29) is 11.3 Å². The van der Waals surface area contributed by atoms with Gasteiger partial charge < -0.3 is 10.6 Å². The van der Waals surface area contributed by atoms with Gasteiger partial charge in [-0.1, -0.05) is 36.4 Å². The van der Waals surface area contributed by atoms with E-state index in [1.165, 1.54) is 36.4 Å². The van der Waals surface area contributed by atoms with Crippen molar-refractivity contribution in [3.05, 3.63) is 92.1 Å². The number of anilines is 1. The van der Waals surface area contributed by atoms with E-state index < -0.39 is 46.2 Å². The molecular weight excluding hydrogens is 429 g/mol. The molecule has 4 rings (SSSR count). The van der Waals surface area contributed by atoms with Crippen molar-refractivity contribution in [1.29, 1.82) is 0 Å². The maximum absolute atomic E-state index is 14.4. The molecule has 3 aromatic rings. The van der Waals surface area contributed by atoms with E-state index in [1.54, 1.807) is 30.4 Å². The van der Waals surface area contributed by atoms with E-state index >= 15 is 0 Å². The van der Waals surface area contributed by atoms with Crippen molar-refractivity contribution in [2.75, 3.05) is 5.32 Å². The summed E-state index contributed by atoms with van der Waals surface area (Å²) in [5.74, 6) is -3.59. The number of carbonyl (C=O) groups excluding carboxylic acids is 2. The lowest BCUT2D eigenvalue weighted by Crippen LogP contribution is -2.62. The summed E-state index contributed by atoms with van der Waals surface area (Å²) in [6, 6.07) is 13.2. The minimum absolute atomic E-state index is 0.151. The fourth-order valence-corrected chi connectivity index (χ4v) is 3.65. The average molecular weight is 444 g/mol. The van der Waals surface area contributed by atoms with Crippen LogP contribution in [-0.4, -0.2) is 27.5 Å². The highest BCUT2D eigenvalue weighted by molar-refractivity contribution is 6.09. The average Bonchev–Trinajstić information content (AvgIpc) is 3.03. The number of aryl methyl sites for hydroxylation is 1. The molecule has 0 spiro atoms. The zero-order valence-corrected chi connectivity index (χ0v) is 16.4. The van der Waals surface area contributed by atoms with Gasteiger partial charge in [0.05, 0.1) is 5.69 Å². The maximum Gasteiger partial charge on any atom is 0.425 e. The van der Waals surface area contributed by atoms with Crippen LogP contribution in [0.15, 0.2) is 64.2 Å². The predicted molar refractivity (Wildman–Crippen MR) is 108 cm³/mol. The topological polar surface area (TPSA) is 113 Å². The summed E-state index contributed by atoms with van der Waals surface area (Å²) < 4.78 is 44.0. The number of fused-ring (bicyclic) bond motifs is 1. The van der Waals surface area contributed by atoms with Crippen LogP contribution in [0.5, 0.6) is 0 Å². The van der Waals surface area contributed by atoms with E-state index in [0.29, 0.717) is 5.56 Å². The van der Waals surface area contributed by atoms with Gasteiger partial charge in [-0.3, -0.25) is 19.4 Å². The number of hydrogen-bond donors (Lipinski definition) is 3. The van der Waals surface area contributed by atoms with Crippen LogP contribution in [0.4, 0.5) is 19.0 Å². The van der Waals surface area contributed by atoms with Crippen molar-refractivity contribution in [3.8, 4) is 5.69 Å². The van der Waals surface area contributed by atoms with Gasteiger partial charge in [-0.15, -0.1) is 0 Å². The molecule has 0 bridgehead atoms. The molecule has 1 aromatic heterocycles. The van der Waals surface area contributed by atoms with E-state index in [1.807, 2.05) is 10.3 Å². The van der Waals surface area contributed by atoms with Crippen molar-refractivity contribution >= 4 is 17.6 Å². The Hall–Kier alpha value is -4.15. The van der Waals surface area contributed by atoms with Gasteiger partial charge in [0.25, 0.3) is 22.9 Å². The smallest absolute Gasteiger partial charge is 0.326 e. The Kier molecular flexibility index (Phi) is 4.76. The van der Waals surface area contributed by atoms with Gasteiger partial charge >= 0.3 is 11.9 Å². The second-order valence-electron chi connectivity index (χ2n) is 7.13. The van der Waals surface area contributed by atoms with Crippen molar-refractivity contribution in [3.63, 3.8) is 0 Å². The first-order valence-corrected chi connectivity index (χ1v) is 9.29. The lowest BCUT2D eigenvalue weighted by molar-refractivity contribution is -0.196. The zero-order valence-electron chi connectivity index (χ0n) is 16.4. The minimum Gasteiger partial charge on any atom is -0.326 e. The molecule has 1 aliphatic heterocycles. The molecule has 3 N–H and O–H groups in total. The fourth-order valence-electron chi connectivity index (χ4n) is 3.65. The van der Waals surface area contributed by atoms with E-state index in [9.17, 15) is 32.3 Å². The number of aromatic nitrogens is 2. The number of halogens is 3. The number of aromatic amines is 1. The highest BCUT2D eigenvalue weighted by Gasteiger charge is 2.68. The molecule has 164 valence electrons. The SMILES string of the molecule is Cc1ccccc1-n1c2c(c(=O)[nH]c1=O)[C@@](NC(=O)c1ccccc1)(C(F)(F)F)C(=O)N2. The number of amides is 2. The van der Waals surface area contributed by atoms with Gasteiger partial charge in [-0.2, -0.15) is 13.2 Å². The normalized spacial score (nSPS) is 17.6. The first-order valence-electron chi connectivity index (χ1n) is 9.29. The summed E-state index contributed by atoms with van der Waals surface area (Å²) in [7, 11) is 0. The molecule has 0 unspecified atom stereocenters. The third kappa shape index (κ3) is 3.01. The van der Waals surface area contributed by atoms with Crippen LogP contribution < -0.4 is 21.9 Å². The van der Waals surface area contributed by atoms with Crippen molar-refractivity contribution in [2.24, 2.45) is 0 Å². The lowest BCUT2D eigenvalue weighted by atomic mass is 9.91. The van der Waals surface area contributed by atoms with Crippen molar-refractivity contribution in [2.45, 2.75) is 18.6 Å². The van der Waals surface area contributed by atoms with Crippen molar-refractivity contribution in [1.82, 2.24) is 14.9 Å². The summed E-state index contributed by atoms with van der Waals surface area (Å²) in [5.41, 5.74) is -6.83. The first-order chi connectivity index (χ1) is 15.1. The molecule has 0 radical (unpaired) electrons. The molecule has 11 heteroatoms. The molecule has 8 nitrogen and oxygen atoms in total. The molecule has 2 amide bonds. The molecule has 1 atom stereocenters. The Morgan fingerprint density at radius 3 is 2.25 bits per heavy atom. The Morgan fingerprint density at radius 1 is 1.00 bits per heavy atom. The molecular formula is C21H15F3N4O4. The Balaban J connectivity index is 2.01. The Bertz CT molecular complexity index is 1360. The highest BCUT2D eigenvalue weighted by Crippen LogP contribution is 2.45. The number of nitrogens with zero attached hydrogens (tertiary/aromatic N) is 1. The zero-order chi connectivity index (χ0) is 23.3. The summed E-state index contributed by atoms with van der Waals surface area (Å²) in [4.78, 5) is 52.4. The molecule has 0 aliphatic carbocycles. The van der Waals surface area contributed by atoms with Crippen LogP contribution in [0.2, 0.25) is 0 Å². The van der Waals surface area contributed by atoms with Gasteiger partial charge in [-0.05, 0) is 30.7 Å². The van der Waals surface area contributed by atoms with E-state index in [0.717, 1.165) is 4.57 Å². The lowest BCUT2D eigenvalue weighted by Gasteiger charge is -2.30. The summed E-state index contributed by atoms with van der Waals surface area (Å²) in [6.45, 7) is 1.60. The molecule has 0 saturated carbocycles. The van der Waals surface area contributed by atoms with E-state index in [2.05, 4.69) is 0 Å². The van der Waals surface area contributed by atoms with Crippen LogP contribution in [0.1, 0.15) is 21.5 Å². The number of rotatable bonds is 3. The number of H-pyrrole nitrogens is 1. The largest absolute Gasteiger partial charge is 0.425 e. The van der Waals surface area contributed by atoms with Crippen LogP contribution in [0.3, 0.4) is 0 Å². The summed E-state index contributed by atoms with van der Waals surface area (Å²) in [6.07, 6.45) is -5.41. The number of para-hydroxylation sites is 1. The summed E-state index contributed by atoms with van der Waals surface area (Å²) in [5, 5.41) is 3.69. The monoisotopic (exact) mass is 444 g/mol. The molecule has 2 heterocycles. The van der Waals surface area contributed by atoms with Gasteiger partial charge in [-0.25, -0.2) is 9.36 Å². The van der Waals surface area contributed by atoms with Gasteiger partial charge in [0.2, 0.25) is 0 Å². The molecule has 1 aliphatic rings. The number of benzene rings is 2. The van der Waals surface area contributed by atoms with Crippen LogP contribution in [0.25, 0.3) is 5.69 Å². The number of hydrogen-bond acceptors (Lipinski definition) is 4. The first kappa shape index (κ1) is 21.1. The third-order valence-corrected chi connectivity index (χ3v) is 5.18. The number of alkyl halides is 3. The fraction of sp³-hybridized carbons (Fsp3) is 0.143. The third-order valence-electron chi connectivity index (χ3n) is 5.18. The Labute approximate surface area is 177 Å². The molecule has 2 aromatic carbocycles. The van der Waals surface area contributed by atoms with E-state index in [4.69, 9.17) is 0 Å². The Morgan fingerprint density at radius 2 is 1.62 bits per heavy atom. The van der Waals surface area contributed by atoms with Crippen LogP contribution in [-0.2, 0) is 10.3 Å². The van der Waals surface area contributed by atoms with Crippen molar-refractivity contribution < 1.29 is 22.8 Å². The van der Waals surface area contributed by atoms with Crippen LogP contribution in [0, 0.1) is 6.92 Å². The molecule has 0 saturated heterocycles. The molecule has 0 fully saturated rings. The van der Waals surface area contributed by atoms with Gasteiger partial charge in [0, 0.05) is 5.56 Å².